The average molecular weight is 275 g/mol. The van der Waals surface area contributed by atoms with Crippen molar-refractivity contribution < 1.29 is 4.79 Å². The molecular weight excluding hydrogens is 250 g/mol. The number of benzene rings is 1. The number of urea groups is 1. The van der Waals surface area contributed by atoms with E-state index < -0.39 is 0 Å². The second-order valence-corrected chi connectivity index (χ2v) is 5.71. The molecule has 0 aromatic heterocycles. The lowest BCUT2D eigenvalue weighted by atomic mass is 10.0. The third-order valence-electron chi connectivity index (χ3n) is 3.75. The molecule has 0 radical (unpaired) electrons. The topological polar surface area (TPSA) is 44.4 Å². The highest BCUT2D eigenvalue weighted by molar-refractivity contribution is 5.89. The largest absolute Gasteiger partial charge is 0.337 e. The Balaban J connectivity index is 1.70. The van der Waals surface area contributed by atoms with Gasteiger partial charge < -0.3 is 15.5 Å². The van der Waals surface area contributed by atoms with E-state index >= 15 is 0 Å². The van der Waals surface area contributed by atoms with Crippen molar-refractivity contribution in [2.45, 2.75) is 32.6 Å². The smallest absolute Gasteiger partial charge is 0.319 e. The zero-order valence-corrected chi connectivity index (χ0v) is 12.5. The maximum Gasteiger partial charge on any atom is 0.319 e. The number of hydrogen-bond donors (Lipinski definition) is 2. The van der Waals surface area contributed by atoms with Crippen LogP contribution in [-0.2, 0) is 0 Å². The summed E-state index contributed by atoms with van der Waals surface area (Å²) in [6, 6.07) is 7.90. The fourth-order valence-electron chi connectivity index (χ4n) is 2.46. The lowest BCUT2D eigenvalue weighted by molar-refractivity contribution is 0.249. The van der Waals surface area contributed by atoms with E-state index in [2.05, 4.69) is 41.5 Å². The molecule has 1 aliphatic rings. The molecule has 0 spiro atoms. The Morgan fingerprint density at radius 3 is 2.45 bits per heavy atom. The van der Waals surface area contributed by atoms with E-state index in [1.54, 1.807) is 0 Å². The summed E-state index contributed by atoms with van der Waals surface area (Å²) in [4.78, 5) is 14.2. The van der Waals surface area contributed by atoms with Gasteiger partial charge in [0.2, 0.25) is 0 Å². The fourth-order valence-corrected chi connectivity index (χ4v) is 2.46. The van der Waals surface area contributed by atoms with Gasteiger partial charge in [-0.2, -0.15) is 0 Å². The van der Waals surface area contributed by atoms with Gasteiger partial charge in [0.05, 0.1) is 0 Å². The van der Waals surface area contributed by atoms with Crippen LogP contribution in [0.1, 0.15) is 38.2 Å². The summed E-state index contributed by atoms with van der Waals surface area (Å²) < 4.78 is 0. The normalized spacial score (nSPS) is 15.6. The Morgan fingerprint density at radius 2 is 1.85 bits per heavy atom. The van der Waals surface area contributed by atoms with Gasteiger partial charge in [0.25, 0.3) is 0 Å². The van der Waals surface area contributed by atoms with E-state index in [0.29, 0.717) is 12.5 Å². The van der Waals surface area contributed by atoms with Crippen molar-refractivity contribution in [1.82, 2.24) is 10.2 Å². The van der Waals surface area contributed by atoms with E-state index in [0.717, 1.165) is 12.2 Å². The van der Waals surface area contributed by atoms with Crippen LogP contribution in [0, 0.1) is 0 Å². The maximum absolute atomic E-state index is 11.8. The van der Waals surface area contributed by atoms with Crippen LogP contribution in [0.15, 0.2) is 24.3 Å². The first kappa shape index (κ1) is 14.9. The molecule has 2 rings (SSSR count). The molecular formula is C16H25N3O. The molecule has 0 bridgehead atoms. The second kappa shape index (κ2) is 7.29. The lowest BCUT2D eigenvalue weighted by Gasteiger charge is -2.15. The molecule has 0 atom stereocenters. The molecule has 0 unspecified atom stereocenters. The fraction of sp³-hybridized carbons (Fsp3) is 0.562. The predicted octanol–water partition coefficient (Wildman–Crippen LogP) is 3.03. The molecule has 4 nitrogen and oxygen atoms in total. The number of nitrogens with one attached hydrogen (secondary N) is 2. The third-order valence-corrected chi connectivity index (χ3v) is 3.75. The molecule has 1 saturated heterocycles. The Labute approximate surface area is 121 Å². The van der Waals surface area contributed by atoms with Crippen molar-refractivity contribution in [2.75, 3.05) is 31.5 Å². The molecule has 4 heteroatoms. The number of anilines is 1. The van der Waals surface area contributed by atoms with Gasteiger partial charge in [-0.15, -0.1) is 0 Å². The highest BCUT2D eigenvalue weighted by atomic mass is 16.2. The van der Waals surface area contributed by atoms with Crippen LogP contribution >= 0.6 is 0 Å². The summed E-state index contributed by atoms with van der Waals surface area (Å²) in [5.41, 5.74) is 2.12. The predicted molar refractivity (Wildman–Crippen MR) is 83.2 cm³/mol. The van der Waals surface area contributed by atoms with Crippen LogP contribution in [0.3, 0.4) is 0 Å². The summed E-state index contributed by atoms with van der Waals surface area (Å²) in [5.74, 6) is 0.512. The Kier molecular flexibility index (Phi) is 5.41. The first-order chi connectivity index (χ1) is 9.65. The first-order valence-electron chi connectivity index (χ1n) is 7.52. The van der Waals surface area contributed by atoms with E-state index in [-0.39, 0.29) is 6.03 Å². The van der Waals surface area contributed by atoms with Gasteiger partial charge in [-0.1, -0.05) is 26.0 Å². The van der Waals surface area contributed by atoms with Crippen molar-refractivity contribution in [1.29, 1.82) is 0 Å². The van der Waals surface area contributed by atoms with Crippen molar-refractivity contribution in [3.8, 4) is 0 Å². The van der Waals surface area contributed by atoms with E-state index in [1.807, 2.05) is 12.1 Å². The molecule has 1 aromatic rings. The second-order valence-electron chi connectivity index (χ2n) is 5.71. The van der Waals surface area contributed by atoms with Crippen LogP contribution < -0.4 is 10.6 Å². The molecule has 20 heavy (non-hydrogen) atoms. The molecule has 1 heterocycles. The van der Waals surface area contributed by atoms with Gasteiger partial charge in [0.1, 0.15) is 0 Å². The summed E-state index contributed by atoms with van der Waals surface area (Å²) in [6.07, 6.45) is 2.57. The number of hydrogen-bond acceptors (Lipinski definition) is 2. The number of rotatable bonds is 5. The SMILES string of the molecule is CC(C)c1ccc(NC(=O)NCCN2CCCC2)cc1. The van der Waals surface area contributed by atoms with Crippen LogP contribution in [0.5, 0.6) is 0 Å². The zero-order valence-electron chi connectivity index (χ0n) is 12.5. The maximum atomic E-state index is 11.8. The Morgan fingerprint density at radius 1 is 1.20 bits per heavy atom. The van der Waals surface area contributed by atoms with E-state index in [1.165, 1.54) is 31.5 Å². The van der Waals surface area contributed by atoms with Crippen molar-refractivity contribution >= 4 is 11.7 Å². The highest BCUT2D eigenvalue weighted by Gasteiger charge is 2.11. The van der Waals surface area contributed by atoms with Crippen LogP contribution in [-0.4, -0.2) is 37.1 Å². The van der Waals surface area contributed by atoms with Gasteiger partial charge in [-0.25, -0.2) is 4.79 Å². The van der Waals surface area contributed by atoms with Crippen LogP contribution in [0.2, 0.25) is 0 Å². The third kappa shape index (κ3) is 4.53. The lowest BCUT2D eigenvalue weighted by Crippen LogP contribution is -2.35. The summed E-state index contributed by atoms with van der Waals surface area (Å²) in [7, 11) is 0. The summed E-state index contributed by atoms with van der Waals surface area (Å²) >= 11 is 0. The number of carbonyl (C=O) groups excluding carboxylic acids is 1. The Hall–Kier alpha value is -1.55. The zero-order chi connectivity index (χ0) is 14.4. The van der Waals surface area contributed by atoms with Crippen molar-refractivity contribution in [3.05, 3.63) is 29.8 Å². The van der Waals surface area contributed by atoms with E-state index in [9.17, 15) is 4.79 Å². The standard InChI is InChI=1S/C16H25N3O/c1-13(2)14-5-7-15(8-6-14)18-16(20)17-9-12-19-10-3-4-11-19/h5-8,13H,3-4,9-12H2,1-2H3,(H2,17,18,20). The molecule has 2 N–H and O–H groups in total. The van der Waals surface area contributed by atoms with Crippen LogP contribution in [0.4, 0.5) is 10.5 Å². The molecule has 1 fully saturated rings. The van der Waals surface area contributed by atoms with Gasteiger partial charge in [0, 0.05) is 18.8 Å². The molecule has 110 valence electrons. The highest BCUT2D eigenvalue weighted by Crippen LogP contribution is 2.16. The number of likely N-dealkylation sites (tertiary alicyclic amines) is 1. The van der Waals surface area contributed by atoms with Gasteiger partial charge in [-0.05, 0) is 49.5 Å². The molecule has 0 saturated carbocycles. The summed E-state index contributed by atoms with van der Waals surface area (Å²) in [6.45, 7) is 8.30. The average Bonchev–Trinajstić information content (AvgIpc) is 2.92. The van der Waals surface area contributed by atoms with Gasteiger partial charge in [0.15, 0.2) is 0 Å². The first-order valence-corrected chi connectivity index (χ1v) is 7.52. The van der Waals surface area contributed by atoms with Crippen molar-refractivity contribution in [2.24, 2.45) is 0 Å². The quantitative estimate of drug-likeness (QED) is 0.867. The van der Waals surface area contributed by atoms with Crippen molar-refractivity contribution in [3.63, 3.8) is 0 Å². The van der Waals surface area contributed by atoms with Gasteiger partial charge in [-0.3, -0.25) is 0 Å². The van der Waals surface area contributed by atoms with Gasteiger partial charge >= 0.3 is 6.03 Å². The Bertz CT molecular complexity index is 422. The molecule has 0 aliphatic carbocycles. The van der Waals surface area contributed by atoms with Crippen LogP contribution in [0.25, 0.3) is 0 Å². The minimum Gasteiger partial charge on any atom is -0.337 e. The number of amides is 2. The molecule has 1 aromatic carbocycles. The molecule has 2 amide bonds. The number of carbonyl (C=O) groups is 1. The molecule has 1 aliphatic heterocycles. The van der Waals surface area contributed by atoms with E-state index in [4.69, 9.17) is 0 Å². The monoisotopic (exact) mass is 275 g/mol. The minimum atomic E-state index is -0.124. The minimum absolute atomic E-state index is 0.124. The number of nitrogens with zero attached hydrogens (tertiary/aromatic N) is 1. The summed E-state index contributed by atoms with van der Waals surface area (Å²) in [5, 5.41) is 5.77.